The molecule has 2 saturated heterocycles. The van der Waals surface area contributed by atoms with Crippen molar-refractivity contribution in [2.45, 2.75) is 38.5 Å². The summed E-state index contributed by atoms with van der Waals surface area (Å²) in [4.78, 5) is 49.5. The Hall–Kier alpha value is -3.60. The number of nitrogens with zero attached hydrogens (tertiary/aromatic N) is 6. The Morgan fingerprint density at radius 1 is 1.17 bits per heavy atom. The van der Waals surface area contributed by atoms with Crippen LogP contribution in [-0.2, 0) is 27.9 Å². The number of hydrogen-bond acceptors (Lipinski definition) is 9. The highest BCUT2D eigenvalue weighted by atomic mass is 19.4. The molecule has 35 heavy (non-hydrogen) atoms. The van der Waals surface area contributed by atoms with Crippen LogP contribution < -0.4 is 20.7 Å². The number of ether oxygens (including phenoxy) is 1. The molecule has 14 heteroatoms. The SMILES string of the molecule is CC#CCn1c(N2CCNCC2)nc2nc(N3CCCC3C(=O)OC(=O)C(F)(F)F)n(C)c(=O)c21. The molecular formula is C21H24F3N7O4. The number of esters is 2. The minimum absolute atomic E-state index is 0.0551. The van der Waals surface area contributed by atoms with Crippen molar-refractivity contribution < 1.29 is 27.5 Å². The van der Waals surface area contributed by atoms with Gasteiger partial charge in [-0.05, 0) is 19.8 Å². The number of imidazole rings is 1. The first kappa shape index (κ1) is 24.5. The van der Waals surface area contributed by atoms with Gasteiger partial charge in [-0.2, -0.15) is 23.1 Å². The molecule has 0 amide bonds. The van der Waals surface area contributed by atoms with Crippen molar-refractivity contribution in [3.05, 3.63) is 10.4 Å². The average molecular weight is 495 g/mol. The predicted molar refractivity (Wildman–Crippen MR) is 119 cm³/mol. The van der Waals surface area contributed by atoms with Crippen LogP contribution in [-0.4, -0.2) is 76.0 Å². The van der Waals surface area contributed by atoms with Crippen LogP contribution in [0.5, 0.6) is 0 Å². The normalized spacial score (nSPS) is 18.5. The van der Waals surface area contributed by atoms with Crippen LogP contribution >= 0.6 is 0 Å². The fraction of sp³-hybridized carbons (Fsp3) is 0.571. The van der Waals surface area contributed by atoms with Crippen LogP contribution in [0.25, 0.3) is 11.2 Å². The molecule has 0 aliphatic carbocycles. The van der Waals surface area contributed by atoms with Gasteiger partial charge >= 0.3 is 18.1 Å². The van der Waals surface area contributed by atoms with Crippen LogP contribution in [0.15, 0.2) is 4.79 Å². The number of nitrogens with one attached hydrogen (secondary N) is 1. The van der Waals surface area contributed by atoms with E-state index < -0.39 is 29.7 Å². The Labute approximate surface area is 197 Å². The van der Waals surface area contributed by atoms with E-state index in [4.69, 9.17) is 0 Å². The van der Waals surface area contributed by atoms with Gasteiger partial charge in [-0.25, -0.2) is 9.59 Å². The second kappa shape index (κ2) is 9.57. The minimum Gasteiger partial charge on any atom is -0.385 e. The van der Waals surface area contributed by atoms with E-state index in [2.05, 4.69) is 31.9 Å². The van der Waals surface area contributed by atoms with Gasteiger partial charge in [0.05, 0.1) is 6.54 Å². The zero-order valence-corrected chi connectivity index (χ0v) is 19.2. The summed E-state index contributed by atoms with van der Waals surface area (Å²) in [5.41, 5.74) is -0.0693. The molecule has 1 N–H and O–H groups in total. The van der Waals surface area contributed by atoms with Crippen molar-refractivity contribution >= 4 is 35.0 Å². The number of carbonyl (C=O) groups excluding carboxylic acids is 2. The lowest BCUT2D eigenvalue weighted by Crippen LogP contribution is -2.44. The first-order valence-electron chi connectivity index (χ1n) is 11.1. The summed E-state index contributed by atoms with van der Waals surface area (Å²) in [6.45, 7) is 4.97. The van der Waals surface area contributed by atoms with E-state index in [0.717, 1.165) is 13.1 Å². The van der Waals surface area contributed by atoms with Gasteiger partial charge in [0.2, 0.25) is 11.9 Å². The van der Waals surface area contributed by atoms with Gasteiger partial charge in [-0.1, -0.05) is 5.92 Å². The summed E-state index contributed by atoms with van der Waals surface area (Å²) >= 11 is 0. The molecular weight excluding hydrogens is 471 g/mol. The van der Waals surface area contributed by atoms with Gasteiger partial charge in [0, 0.05) is 39.8 Å². The van der Waals surface area contributed by atoms with Crippen molar-refractivity contribution in [1.82, 2.24) is 24.4 Å². The summed E-state index contributed by atoms with van der Waals surface area (Å²) in [7, 11) is 1.46. The maximum absolute atomic E-state index is 13.4. The Morgan fingerprint density at radius 2 is 1.86 bits per heavy atom. The fourth-order valence-electron chi connectivity index (χ4n) is 4.28. The maximum Gasteiger partial charge on any atom is 0.491 e. The first-order valence-corrected chi connectivity index (χ1v) is 11.1. The van der Waals surface area contributed by atoms with Gasteiger partial charge in [0.25, 0.3) is 5.56 Å². The highest BCUT2D eigenvalue weighted by Gasteiger charge is 2.45. The lowest BCUT2D eigenvalue weighted by molar-refractivity contribution is -0.202. The van der Waals surface area contributed by atoms with Crippen LogP contribution in [0.1, 0.15) is 19.8 Å². The second-order valence-electron chi connectivity index (χ2n) is 8.17. The maximum atomic E-state index is 13.4. The highest BCUT2D eigenvalue weighted by molar-refractivity contribution is 5.92. The molecule has 11 nitrogen and oxygen atoms in total. The van der Waals surface area contributed by atoms with Gasteiger partial charge < -0.3 is 19.9 Å². The second-order valence-corrected chi connectivity index (χ2v) is 8.17. The number of fused-ring (bicyclic) bond motifs is 1. The molecule has 0 spiro atoms. The number of piperazine rings is 1. The van der Waals surface area contributed by atoms with Crippen LogP contribution in [0, 0.1) is 11.8 Å². The molecule has 1 unspecified atom stereocenters. The van der Waals surface area contributed by atoms with Crippen molar-refractivity contribution in [2.75, 3.05) is 42.5 Å². The van der Waals surface area contributed by atoms with E-state index in [1.54, 1.807) is 11.5 Å². The first-order chi connectivity index (χ1) is 16.6. The topological polar surface area (TPSA) is 115 Å². The van der Waals surface area contributed by atoms with Crippen LogP contribution in [0.3, 0.4) is 0 Å². The summed E-state index contributed by atoms with van der Waals surface area (Å²) in [6.07, 6.45) is -4.72. The van der Waals surface area contributed by atoms with Crippen molar-refractivity contribution in [3.63, 3.8) is 0 Å². The van der Waals surface area contributed by atoms with E-state index in [9.17, 15) is 27.6 Å². The Morgan fingerprint density at radius 3 is 2.51 bits per heavy atom. The number of carbonyl (C=O) groups is 2. The van der Waals surface area contributed by atoms with Crippen molar-refractivity contribution in [2.24, 2.45) is 7.05 Å². The van der Waals surface area contributed by atoms with Crippen LogP contribution in [0.2, 0.25) is 0 Å². The van der Waals surface area contributed by atoms with Crippen molar-refractivity contribution in [3.8, 4) is 11.8 Å². The Balaban J connectivity index is 1.75. The molecule has 2 aliphatic rings. The van der Waals surface area contributed by atoms with E-state index in [1.807, 2.05) is 4.90 Å². The summed E-state index contributed by atoms with van der Waals surface area (Å²) in [5.74, 6) is 2.43. The third kappa shape index (κ3) is 4.68. The van der Waals surface area contributed by atoms with Crippen molar-refractivity contribution in [1.29, 1.82) is 0 Å². The molecule has 2 aromatic rings. The minimum atomic E-state index is -5.29. The molecule has 4 rings (SSSR count). The summed E-state index contributed by atoms with van der Waals surface area (Å²) < 4.78 is 44.7. The molecule has 0 saturated carbocycles. The van der Waals surface area contributed by atoms with Gasteiger partial charge in [0.15, 0.2) is 11.2 Å². The fourth-order valence-corrected chi connectivity index (χ4v) is 4.28. The van der Waals surface area contributed by atoms with Crippen LogP contribution in [0.4, 0.5) is 25.1 Å². The zero-order valence-electron chi connectivity index (χ0n) is 19.2. The molecule has 2 fully saturated rings. The van der Waals surface area contributed by atoms with E-state index >= 15 is 0 Å². The third-order valence-corrected chi connectivity index (χ3v) is 5.96. The van der Waals surface area contributed by atoms with Gasteiger partial charge in [0.1, 0.15) is 6.04 Å². The molecule has 188 valence electrons. The highest BCUT2D eigenvalue weighted by Crippen LogP contribution is 2.28. The average Bonchev–Trinajstić information content (AvgIpc) is 3.45. The number of aromatic nitrogens is 4. The standard InChI is InChI=1S/C21H24F3N7O4/c1-3-4-9-31-14-15(27-20(31)29-11-7-25-8-12-29)26-19(28(2)16(14)32)30-10-5-6-13(30)17(33)35-18(34)21(22,23)24/h13,25H,5-12H2,1-2H3. The molecule has 0 radical (unpaired) electrons. The quantitative estimate of drug-likeness (QED) is 0.360. The molecule has 2 aromatic heterocycles. The number of alkyl halides is 3. The number of rotatable bonds is 4. The predicted octanol–water partition coefficient (Wildman–Crippen LogP) is 0.164. The Bertz CT molecular complexity index is 1270. The molecule has 4 heterocycles. The largest absolute Gasteiger partial charge is 0.491 e. The Kier molecular flexibility index (Phi) is 6.70. The number of halogens is 3. The number of hydrogen-bond donors (Lipinski definition) is 1. The molecule has 2 aliphatic heterocycles. The summed E-state index contributed by atoms with van der Waals surface area (Å²) in [6, 6.07) is -1.20. The monoisotopic (exact) mass is 495 g/mol. The van der Waals surface area contributed by atoms with E-state index in [1.165, 1.54) is 16.5 Å². The van der Waals surface area contributed by atoms with Gasteiger partial charge in [-0.15, -0.1) is 5.92 Å². The van der Waals surface area contributed by atoms with E-state index in [-0.39, 0.29) is 36.6 Å². The summed E-state index contributed by atoms with van der Waals surface area (Å²) in [5, 5.41) is 3.25. The smallest absolute Gasteiger partial charge is 0.385 e. The number of anilines is 2. The zero-order chi connectivity index (χ0) is 25.3. The molecule has 0 bridgehead atoms. The van der Waals surface area contributed by atoms with Gasteiger partial charge in [-0.3, -0.25) is 13.9 Å². The molecule has 1 atom stereocenters. The third-order valence-electron chi connectivity index (χ3n) is 5.96. The lowest BCUT2D eigenvalue weighted by Gasteiger charge is -2.28. The molecule has 0 aromatic carbocycles. The van der Waals surface area contributed by atoms with E-state index in [0.29, 0.717) is 25.5 Å². The lowest BCUT2D eigenvalue weighted by atomic mass is 10.2.